The first-order valence-electron chi connectivity index (χ1n) is 9.24. The van der Waals surface area contributed by atoms with Crippen LogP contribution in [0.25, 0.3) is 11.1 Å². The summed E-state index contributed by atoms with van der Waals surface area (Å²) in [5, 5.41) is 9.22. The van der Waals surface area contributed by atoms with Crippen molar-refractivity contribution in [3.63, 3.8) is 0 Å². The highest BCUT2D eigenvalue weighted by Gasteiger charge is 2.12. The van der Waals surface area contributed by atoms with Crippen LogP contribution in [0.15, 0.2) is 57.8 Å². The van der Waals surface area contributed by atoms with Gasteiger partial charge in [0.25, 0.3) is 6.01 Å². The average molecular weight is 385 g/mol. The maximum absolute atomic E-state index is 11.2. The number of benzene rings is 2. The molecule has 0 aliphatic heterocycles. The zero-order valence-electron chi connectivity index (χ0n) is 15.4. The largest absolute Gasteiger partial charge is 0.478 e. The Hall–Kier alpha value is -2.47. The van der Waals surface area contributed by atoms with E-state index in [1.807, 2.05) is 36.4 Å². The normalized spacial score (nSPS) is 11.0. The Kier molecular flexibility index (Phi) is 6.76. The van der Waals surface area contributed by atoms with Gasteiger partial charge in [-0.3, -0.25) is 0 Å². The van der Waals surface area contributed by atoms with Gasteiger partial charge in [-0.25, -0.2) is 4.79 Å². The Morgan fingerprint density at radius 1 is 1.11 bits per heavy atom. The molecule has 0 atom stereocenters. The lowest BCUT2D eigenvalue weighted by Crippen LogP contribution is -2.24. The van der Waals surface area contributed by atoms with Crippen molar-refractivity contribution in [3.8, 4) is 0 Å². The summed E-state index contributed by atoms with van der Waals surface area (Å²) in [5.74, 6) is 0.0503. The summed E-state index contributed by atoms with van der Waals surface area (Å²) in [6.07, 6.45) is 3.18. The maximum Gasteiger partial charge on any atom is 0.336 e. The van der Waals surface area contributed by atoms with E-state index in [4.69, 9.17) is 4.42 Å². The van der Waals surface area contributed by atoms with Crippen LogP contribution in [0, 0.1) is 0 Å². The van der Waals surface area contributed by atoms with Gasteiger partial charge in [-0.2, -0.15) is 4.98 Å². The first-order chi connectivity index (χ1) is 13.2. The second-order valence-electron chi connectivity index (χ2n) is 6.25. The zero-order chi connectivity index (χ0) is 19.1. The number of aromatic nitrogens is 1. The average Bonchev–Trinajstić information content (AvgIpc) is 3.11. The van der Waals surface area contributed by atoms with E-state index in [1.54, 1.807) is 23.9 Å². The van der Waals surface area contributed by atoms with Gasteiger partial charge in [-0.15, -0.1) is 11.8 Å². The lowest BCUT2D eigenvalue weighted by Gasteiger charge is -2.18. The van der Waals surface area contributed by atoms with Crippen molar-refractivity contribution in [2.24, 2.45) is 0 Å². The van der Waals surface area contributed by atoms with Gasteiger partial charge in [0.15, 0.2) is 5.58 Å². The van der Waals surface area contributed by atoms with E-state index in [0.29, 0.717) is 11.6 Å². The molecule has 0 saturated heterocycles. The van der Waals surface area contributed by atoms with E-state index in [2.05, 4.69) is 16.8 Å². The quantitative estimate of drug-likeness (QED) is 0.377. The standard InChI is InChI=1S/C21H24N2O3S/c1-2-23(21-22-17-11-5-6-12-18(17)26-21)14-8-3-9-15-27-19-13-7-4-10-16(19)20(24)25/h4-7,10-13H,2-3,8-9,14-15H2,1H3,(H,24,25). The highest BCUT2D eigenvalue weighted by Crippen LogP contribution is 2.25. The number of carbonyl (C=O) groups is 1. The topological polar surface area (TPSA) is 66.6 Å². The third-order valence-corrected chi connectivity index (χ3v) is 5.54. The first kappa shape index (κ1) is 19.3. The van der Waals surface area contributed by atoms with Crippen LogP contribution in [0.4, 0.5) is 6.01 Å². The van der Waals surface area contributed by atoms with Crippen LogP contribution < -0.4 is 4.90 Å². The molecule has 6 heteroatoms. The van der Waals surface area contributed by atoms with Crippen molar-refractivity contribution >= 4 is 34.8 Å². The highest BCUT2D eigenvalue weighted by atomic mass is 32.2. The van der Waals surface area contributed by atoms with E-state index < -0.39 is 5.97 Å². The number of unbranched alkanes of at least 4 members (excludes halogenated alkanes) is 2. The predicted molar refractivity (Wildman–Crippen MR) is 110 cm³/mol. The van der Waals surface area contributed by atoms with Crippen LogP contribution in [-0.2, 0) is 0 Å². The Morgan fingerprint density at radius 2 is 1.89 bits per heavy atom. The molecule has 2 aromatic carbocycles. The van der Waals surface area contributed by atoms with Gasteiger partial charge >= 0.3 is 5.97 Å². The predicted octanol–water partition coefficient (Wildman–Crippen LogP) is 5.31. The summed E-state index contributed by atoms with van der Waals surface area (Å²) in [5.41, 5.74) is 2.09. The van der Waals surface area contributed by atoms with Crippen molar-refractivity contribution in [1.29, 1.82) is 0 Å². The molecule has 0 aliphatic carbocycles. The van der Waals surface area contributed by atoms with Crippen molar-refractivity contribution < 1.29 is 14.3 Å². The summed E-state index contributed by atoms with van der Waals surface area (Å²) in [4.78, 5) is 18.8. The molecule has 0 aliphatic rings. The molecule has 142 valence electrons. The van der Waals surface area contributed by atoms with Crippen molar-refractivity contribution in [2.75, 3.05) is 23.7 Å². The molecule has 1 N–H and O–H groups in total. The molecule has 0 unspecified atom stereocenters. The number of para-hydroxylation sites is 2. The molecular formula is C21H24N2O3S. The third-order valence-electron chi connectivity index (χ3n) is 4.38. The summed E-state index contributed by atoms with van der Waals surface area (Å²) in [6.45, 7) is 3.86. The number of anilines is 1. The number of carboxylic acids is 1. The fraction of sp³-hybridized carbons (Fsp3) is 0.333. The molecule has 27 heavy (non-hydrogen) atoms. The fourth-order valence-electron chi connectivity index (χ4n) is 2.92. The van der Waals surface area contributed by atoms with Gasteiger partial charge in [0, 0.05) is 18.0 Å². The maximum atomic E-state index is 11.2. The minimum atomic E-state index is -0.866. The molecule has 0 amide bonds. The summed E-state index contributed by atoms with van der Waals surface area (Å²) in [6, 6.07) is 15.7. The Bertz CT molecular complexity index is 861. The number of fused-ring (bicyclic) bond motifs is 1. The van der Waals surface area contributed by atoms with Gasteiger partial charge in [0.05, 0.1) is 5.56 Å². The smallest absolute Gasteiger partial charge is 0.336 e. The molecule has 0 bridgehead atoms. The highest BCUT2D eigenvalue weighted by molar-refractivity contribution is 7.99. The molecule has 3 aromatic rings. The van der Waals surface area contributed by atoms with Crippen LogP contribution >= 0.6 is 11.8 Å². The minimum Gasteiger partial charge on any atom is -0.478 e. The molecule has 1 heterocycles. The van der Waals surface area contributed by atoms with Crippen molar-refractivity contribution in [2.45, 2.75) is 31.1 Å². The first-order valence-corrected chi connectivity index (χ1v) is 10.2. The molecule has 0 saturated carbocycles. The van der Waals surface area contributed by atoms with Crippen LogP contribution in [0.5, 0.6) is 0 Å². The molecule has 0 fully saturated rings. The van der Waals surface area contributed by atoms with E-state index >= 15 is 0 Å². The fourth-order valence-corrected chi connectivity index (χ4v) is 3.97. The van der Waals surface area contributed by atoms with Gasteiger partial charge in [0.2, 0.25) is 0 Å². The Balaban J connectivity index is 1.43. The monoisotopic (exact) mass is 384 g/mol. The number of thioether (sulfide) groups is 1. The summed E-state index contributed by atoms with van der Waals surface area (Å²) < 4.78 is 5.85. The van der Waals surface area contributed by atoms with Gasteiger partial charge in [0.1, 0.15) is 5.52 Å². The summed E-state index contributed by atoms with van der Waals surface area (Å²) in [7, 11) is 0. The molecule has 3 rings (SSSR count). The van der Waals surface area contributed by atoms with Gasteiger partial charge in [-0.1, -0.05) is 30.7 Å². The van der Waals surface area contributed by atoms with Crippen LogP contribution in [0.2, 0.25) is 0 Å². The van der Waals surface area contributed by atoms with Crippen molar-refractivity contribution in [1.82, 2.24) is 4.98 Å². The lowest BCUT2D eigenvalue weighted by atomic mass is 10.2. The molecule has 1 aromatic heterocycles. The number of carboxylic acid groups (broad SMARTS) is 1. The van der Waals surface area contributed by atoms with Crippen LogP contribution in [0.1, 0.15) is 36.5 Å². The summed E-state index contributed by atoms with van der Waals surface area (Å²) >= 11 is 1.61. The van der Waals surface area contributed by atoms with Crippen LogP contribution in [-0.4, -0.2) is 34.9 Å². The second kappa shape index (κ2) is 9.46. The second-order valence-corrected chi connectivity index (χ2v) is 7.39. The number of aromatic carboxylic acids is 1. The SMILES string of the molecule is CCN(CCCCCSc1ccccc1C(=O)O)c1nc2ccccc2o1. The number of hydrogen-bond donors (Lipinski definition) is 1. The molecule has 0 radical (unpaired) electrons. The Morgan fingerprint density at radius 3 is 2.67 bits per heavy atom. The number of oxazole rings is 1. The van der Waals surface area contributed by atoms with Gasteiger partial charge in [-0.05, 0) is 49.8 Å². The molecule has 0 spiro atoms. The minimum absolute atomic E-state index is 0.385. The third kappa shape index (κ3) is 5.04. The van der Waals surface area contributed by atoms with E-state index in [9.17, 15) is 9.90 Å². The van der Waals surface area contributed by atoms with E-state index in [1.165, 1.54) is 0 Å². The van der Waals surface area contributed by atoms with Crippen LogP contribution in [0.3, 0.4) is 0 Å². The van der Waals surface area contributed by atoms with Gasteiger partial charge < -0.3 is 14.4 Å². The lowest BCUT2D eigenvalue weighted by molar-refractivity contribution is 0.0693. The van der Waals surface area contributed by atoms with E-state index in [-0.39, 0.29) is 0 Å². The molecular weight excluding hydrogens is 360 g/mol. The molecule has 5 nitrogen and oxygen atoms in total. The number of rotatable bonds is 10. The number of nitrogens with zero attached hydrogens (tertiary/aromatic N) is 2. The Labute approximate surface area is 163 Å². The van der Waals surface area contributed by atoms with Crippen molar-refractivity contribution in [3.05, 3.63) is 54.1 Å². The zero-order valence-corrected chi connectivity index (χ0v) is 16.2. The number of hydrogen-bond acceptors (Lipinski definition) is 5. The van der Waals surface area contributed by atoms with E-state index in [0.717, 1.165) is 54.1 Å².